The Hall–Kier alpha value is -1.50. The fourth-order valence-electron chi connectivity index (χ4n) is 2.65. The molecule has 5 nitrogen and oxygen atoms in total. The maximum Gasteiger partial charge on any atom is 0.205 e. The van der Waals surface area contributed by atoms with E-state index in [-0.39, 0.29) is 6.10 Å². The van der Waals surface area contributed by atoms with E-state index in [1.807, 2.05) is 6.92 Å². The van der Waals surface area contributed by atoms with Crippen molar-refractivity contribution in [3.05, 3.63) is 40.9 Å². The van der Waals surface area contributed by atoms with Crippen molar-refractivity contribution in [1.82, 2.24) is 15.1 Å². The van der Waals surface area contributed by atoms with Gasteiger partial charge >= 0.3 is 0 Å². The van der Waals surface area contributed by atoms with Crippen molar-refractivity contribution >= 4 is 16.5 Å². The van der Waals surface area contributed by atoms with Crippen LogP contribution in [0.2, 0.25) is 0 Å². The molecule has 1 aromatic heterocycles. The second-order valence-corrected chi connectivity index (χ2v) is 6.76. The first kappa shape index (κ1) is 15.4. The molecule has 0 radical (unpaired) electrons. The van der Waals surface area contributed by atoms with E-state index >= 15 is 0 Å². The van der Waals surface area contributed by atoms with Crippen molar-refractivity contribution in [3.8, 4) is 0 Å². The molecule has 1 saturated heterocycles. The zero-order chi connectivity index (χ0) is 15.2. The molecule has 0 amide bonds. The summed E-state index contributed by atoms with van der Waals surface area (Å²) in [6.45, 7) is 6.58. The minimum atomic E-state index is 0.190. The van der Waals surface area contributed by atoms with E-state index in [0.29, 0.717) is 0 Å². The first-order valence-corrected chi connectivity index (χ1v) is 8.53. The molecule has 2 aromatic rings. The molecule has 118 valence electrons. The maximum atomic E-state index is 5.95. The Morgan fingerprint density at radius 2 is 2.18 bits per heavy atom. The quantitative estimate of drug-likeness (QED) is 0.918. The van der Waals surface area contributed by atoms with E-state index in [4.69, 9.17) is 4.74 Å². The van der Waals surface area contributed by atoms with Gasteiger partial charge in [0, 0.05) is 32.8 Å². The monoisotopic (exact) mass is 318 g/mol. The molecule has 3 rings (SSSR count). The van der Waals surface area contributed by atoms with Gasteiger partial charge in [0.1, 0.15) is 5.01 Å². The number of hydrogen-bond acceptors (Lipinski definition) is 6. The van der Waals surface area contributed by atoms with Gasteiger partial charge in [-0.2, -0.15) is 0 Å². The van der Waals surface area contributed by atoms with E-state index in [9.17, 15) is 0 Å². The largest absolute Gasteiger partial charge is 0.375 e. The van der Waals surface area contributed by atoms with Gasteiger partial charge in [0.2, 0.25) is 5.13 Å². The van der Waals surface area contributed by atoms with Gasteiger partial charge in [-0.25, -0.2) is 0 Å². The molecule has 1 fully saturated rings. The highest BCUT2D eigenvalue weighted by Crippen LogP contribution is 2.15. The number of nitrogens with zero attached hydrogens (tertiary/aromatic N) is 3. The topological polar surface area (TPSA) is 50.3 Å². The number of hydrogen-bond donors (Lipinski definition) is 1. The molecule has 2 heterocycles. The van der Waals surface area contributed by atoms with E-state index in [0.717, 1.165) is 49.3 Å². The Balaban J connectivity index is 1.53. The summed E-state index contributed by atoms with van der Waals surface area (Å²) in [6, 6.07) is 10.6. The number of rotatable bonds is 5. The molecule has 1 aromatic carbocycles. The normalized spacial score (nSPS) is 19.8. The average molecular weight is 318 g/mol. The fourth-order valence-corrected chi connectivity index (χ4v) is 3.25. The number of aromatic nitrogens is 2. The summed E-state index contributed by atoms with van der Waals surface area (Å²) in [5.74, 6) is 0. The second kappa shape index (κ2) is 7.67. The van der Waals surface area contributed by atoms with Crippen LogP contribution >= 0.6 is 11.3 Å². The summed E-state index contributed by atoms with van der Waals surface area (Å²) in [4.78, 5) is 2.47. The zero-order valence-corrected chi connectivity index (χ0v) is 13.7. The summed E-state index contributed by atoms with van der Waals surface area (Å²) in [6.07, 6.45) is 1.27. The fraction of sp³-hybridized carbons (Fsp3) is 0.500. The first-order chi connectivity index (χ1) is 10.8. The van der Waals surface area contributed by atoms with Crippen LogP contribution in [0.25, 0.3) is 0 Å². The molecular weight excluding hydrogens is 296 g/mol. The van der Waals surface area contributed by atoms with Gasteiger partial charge in [0.05, 0.1) is 6.10 Å². The number of anilines is 1. The van der Waals surface area contributed by atoms with Crippen LogP contribution in [0.5, 0.6) is 0 Å². The van der Waals surface area contributed by atoms with Crippen molar-refractivity contribution in [3.63, 3.8) is 0 Å². The summed E-state index contributed by atoms with van der Waals surface area (Å²) < 4.78 is 5.95. The molecule has 6 heteroatoms. The minimum Gasteiger partial charge on any atom is -0.375 e. The molecule has 0 saturated carbocycles. The Kier molecular flexibility index (Phi) is 5.37. The zero-order valence-electron chi connectivity index (χ0n) is 12.9. The highest BCUT2D eigenvalue weighted by molar-refractivity contribution is 7.15. The second-order valence-electron chi connectivity index (χ2n) is 5.57. The Bertz CT molecular complexity index is 575. The molecule has 1 unspecified atom stereocenters. The third-order valence-corrected chi connectivity index (χ3v) is 4.49. The number of aryl methyl sites for hydroxylation is 1. The predicted octanol–water partition coefficient (Wildman–Crippen LogP) is 2.55. The van der Waals surface area contributed by atoms with Crippen LogP contribution in [0.3, 0.4) is 0 Å². The smallest absolute Gasteiger partial charge is 0.205 e. The Labute approximate surface area is 135 Å². The van der Waals surface area contributed by atoms with Gasteiger partial charge in [-0.15, -0.1) is 10.2 Å². The third-order valence-electron chi connectivity index (χ3n) is 3.69. The van der Waals surface area contributed by atoms with E-state index in [1.54, 1.807) is 11.3 Å². The molecule has 1 aliphatic heterocycles. The summed E-state index contributed by atoms with van der Waals surface area (Å²) in [5.41, 5.74) is 1.36. The van der Waals surface area contributed by atoms with Gasteiger partial charge < -0.3 is 10.1 Å². The lowest BCUT2D eigenvalue weighted by atomic mass is 10.2. The average Bonchev–Trinajstić information content (AvgIpc) is 2.82. The van der Waals surface area contributed by atoms with Gasteiger partial charge in [0.15, 0.2) is 0 Å². The molecule has 0 bridgehead atoms. The lowest BCUT2D eigenvalue weighted by Gasteiger charge is -2.23. The molecule has 0 spiro atoms. The van der Waals surface area contributed by atoms with Gasteiger partial charge in [-0.1, -0.05) is 41.7 Å². The third kappa shape index (κ3) is 4.50. The van der Waals surface area contributed by atoms with Crippen LogP contribution in [-0.4, -0.2) is 47.4 Å². The lowest BCUT2D eigenvalue weighted by molar-refractivity contribution is 0.0625. The van der Waals surface area contributed by atoms with Crippen LogP contribution in [0.4, 0.5) is 5.13 Å². The standard InChI is InChI=1S/C16H22N4OS/c1-13-18-19-16(22-13)17-10-15-12-20(8-5-9-21-15)11-14-6-3-2-4-7-14/h2-4,6-7,15H,5,8-12H2,1H3,(H,17,19). The number of nitrogens with one attached hydrogen (secondary N) is 1. The molecule has 1 aliphatic rings. The van der Waals surface area contributed by atoms with Gasteiger partial charge in [-0.3, -0.25) is 4.90 Å². The van der Waals surface area contributed by atoms with Crippen molar-refractivity contribution in [2.45, 2.75) is 26.0 Å². The molecule has 0 aliphatic carbocycles. The van der Waals surface area contributed by atoms with E-state index in [2.05, 4.69) is 50.7 Å². The number of benzene rings is 1. The summed E-state index contributed by atoms with van der Waals surface area (Å²) in [7, 11) is 0. The molecule has 22 heavy (non-hydrogen) atoms. The first-order valence-electron chi connectivity index (χ1n) is 7.71. The minimum absolute atomic E-state index is 0.190. The van der Waals surface area contributed by atoms with Crippen LogP contribution in [0.15, 0.2) is 30.3 Å². The Morgan fingerprint density at radius 1 is 1.32 bits per heavy atom. The van der Waals surface area contributed by atoms with Crippen molar-refractivity contribution in [2.24, 2.45) is 0 Å². The highest BCUT2D eigenvalue weighted by Gasteiger charge is 2.19. The molecule has 1 N–H and O–H groups in total. The van der Waals surface area contributed by atoms with E-state index < -0.39 is 0 Å². The van der Waals surface area contributed by atoms with Crippen LogP contribution in [-0.2, 0) is 11.3 Å². The van der Waals surface area contributed by atoms with Crippen LogP contribution < -0.4 is 5.32 Å². The summed E-state index contributed by atoms with van der Waals surface area (Å²) >= 11 is 1.58. The molecular formula is C16H22N4OS. The van der Waals surface area contributed by atoms with Crippen molar-refractivity contribution in [2.75, 3.05) is 31.6 Å². The van der Waals surface area contributed by atoms with Crippen molar-refractivity contribution in [1.29, 1.82) is 0 Å². The maximum absolute atomic E-state index is 5.95. The van der Waals surface area contributed by atoms with Crippen LogP contribution in [0.1, 0.15) is 17.0 Å². The van der Waals surface area contributed by atoms with Crippen molar-refractivity contribution < 1.29 is 4.74 Å². The molecule has 1 atom stereocenters. The predicted molar refractivity (Wildman–Crippen MR) is 89.2 cm³/mol. The van der Waals surface area contributed by atoms with E-state index in [1.165, 1.54) is 5.56 Å². The van der Waals surface area contributed by atoms with Gasteiger partial charge in [0.25, 0.3) is 0 Å². The number of ether oxygens (including phenoxy) is 1. The van der Waals surface area contributed by atoms with Gasteiger partial charge in [-0.05, 0) is 18.9 Å². The highest BCUT2D eigenvalue weighted by atomic mass is 32.1. The van der Waals surface area contributed by atoms with Crippen LogP contribution in [0, 0.1) is 6.92 Å². The Morgan fingerprint density at radius 3 is 2.95 bits per heavy atom. The SMILES string of the molecule is Cc1nnc(NCC2CN(Cc3ccccc3)CCCO2)s1. The summed E-state index contributed by atoms with van der Waals surface area (Å²) in [5, 5.41) is 13.3. The lowest BCUT2D eigenvalue weighted by Crippen LogP contribution is -2.35.